The van der Waals surface area contributed by atoms with E-state index in [1.165, 1.54) is 49.2 Å². The summed E-state index contributed by atoms with van der Waals surface area (Å²) in [7, 11) is 0. The number of aromatic nitrogens is 4. The van der Waals surface area contributed by atoms with E-state index >= 15 is 0 Å². The normalized spacial score (nSPS) is 11.6. The maximum atomic E-state index is 5.17. The second-order valence-electron chi connectivity index (χ2n) is 14.2. The highest BCUT2D eigenvalue weighted by atomic mass is 15.0. The van der Waals surface area contributed by atoms with Crippen molar-refractivity contribution in [2.45, 2.75) is 0 Å². The van der Waals surface area contributed by atoms with E-state index in [-0.39, 0.29) is 0 Å². The van der Waals surface area contributed by atoms with E-state index in [0.717, 1.165) is 45.0 Å². The van der Waals surface area contributed by atoms with Crippen LogP contribution in [0.3, 0.4) is 0 Å². The molecule has 0 radical (unpaired) electrons. The molecule has 11 rings (SSSR count). The third kappa shape index (κ3) is 5.31. The predicted molar refractivity (Wildman–Crippen MR) is 232 cm³/mol. The first-order valence-electron chi connectivity index (χ1n) is 19.0. The molecule has 0 saturated heterocycles. The van der Waals surface area contributed by atoms with Crippen LogP contribution < -0.4 is 0 Å². The van der Waals surface area contributed by atoms with E-state index in [0.29, 0.717) is 5.82 Å². The van der Waals surface area contributed by atoms with E-state index in [2.05, 4.69) is 203 Å². The highest BCUT2D eigenvalue weighted by molar-refractivity contribution is 6.19. The van der Waals surface area contributed by atoms with Crippen molar-refractivity contribution < 1.29 is 0 Å². The minimum Gasteiger partial charge on any atom is -0.309 e. The van der Waals surface area contributed by atoms with Crippen molar-refractivity contribution >= 4 is 43.6 Å². The van der Waals surface area contributed by atoms with Gasteiger partial charge in [0.15, 0.2) is 5.82 Å². The van der Waals surface area contributed by atoms with Crippen LogP contribution in [0.25, 0.3) is 100 Å². The van der Waals surface area contributed by atoms with Crippen molar-refractivity contribution in [3.05, 3.63) is 206 Å². The molecule has 56 heavy (non-hydrogen) atoms. The summed E-state index contributed by atoms with van der Waals surface area (Å²) >= 11 is 0. The summed E-state index contributed by atoms with van der Waals surface area (Å²) in [6.45, 7) is 0. The molecular formula is C52H34N4. The molecule has 4 heteroatoms. The summed E-state index contributed by atoms with van der Waals surface area (Å²) in [6, 6.07) is 73.1. The van der Waals surface area contributed by atoms with Crippen LogP contribution in [0.15, 0.2) is 206 Å². The monoisotopic (exact) mass is 714 g/mol. The molecule has 0 saturated carbocycles. The zero-order valence-electron chi connectivity index (χ0n) is 30.4. The lowest BCUT2D eigenvalue weighted by Gasteiger charge is -2.12. The average molecular weight is 715 g/mol. The van der Waals surface area contributed by atoms with Gasteiger partial charge < -0.3 is 9.13 Å². The minimum absolute atomic E-state index is 0.699. The Kier molecular flexibility index (Phi) is 7.46. The molecule has 3 heterocycles. The molecule has 0 aliphatic rings. The number of hydrogen-bond donors (Lipinski definition) is 0. The van der Waals surface area contributed by atoms with Crippen molar-refractivity contribution in [2.75, 3.05) is 0 Å². The second kappa shape index (κ2) is 13.1. The molecule has 0 bridgehead atoms. The Hall–Kier alpha value is -7.56. The molecule has 3 aromatic heterocycles. The molecule has 0 spiro atoms. The van der Waals surface area contributed by atoms with Crippen molar-refractivity contribution in [3.63, 3.8) is 0 Å². The summed E-state index contributed by atoms with van der Waals surface area (Å²) < 4.78 is 4.79. The smallest absolute Gasteiger partial charge is 0.160 e. The Morgan fingerprint density at radius 3 is 1.25 bits per heavy atom. The van der Waals surface area contributed by atoms with Crippen molar-refractivity contribution in [3.8, 4) is 56.4 Å². The van der Waals surface area contributed by atoms with E-state index in [9.17, 15) is 0 Å². The molecule has 0 aliphatic heterocycles. The van der Waals surface area contributed by atoms with Gasteiger partial charge >= 0.3 is 0 Å². The number of hydrogen-bond acceptors (Lipinski definition) is 2. The zero-order valence-corrected chi connectivity index (χ0v) is 30.4. The Bertz CT molecular complexity index is 3200. The Labute approximate surface area is 324 Å². The topological polar surface area (TPSA) is 35.6 Å². The number of rotatable bonds is 6. The average Bonchev–Trinajstić information content (AvgIpc) is 3.78. The fraction of sp³-hybridized carbons (Fsp3) is 0. The summed E-state index contributed by atoms with van der Waals surface area (Å²) in [6.07, 6.45) is 0. The van der Waals surface area contributed by atoms with Gasteiger partial charge in [0.05, 0.1) is 33.5 Å². The van der Waals surface area contributed by atoms with Gasteiger partial charge in [-0.15, -0.1) is 0 Å². The first kappa shape index (κ1) is 31.9. The fourth-order valence-corrected chi connectivity index (χ4v) is 8.27. The van der Waals surface area contributed by atoms with Crippen molar-refractivity contribution in [2.24, 2.45) is 0 Å². The molecule has 11 aromatic rings. The van der Waals surface area contributed by atoms with Gasteiger partial charge in [0, 0.05) is 49.6 Å². The second-order valence-corrected chi connectivity index (χ2v) is 14.2. The molecule has 262 valence electrons. The highest BCUT2D eigenvalue weighted by Gasteiger charge is 2.19. The third-order valence-electron chi connectivity index (χ3n) is 10.9. The number of para-hydroxylation sites is 3. The van der Waals surface area contributed by atoms with Crippen LogP contribution in [0, 0.1) is 0 Å². The molecule has 8 aromatic carbocycles. The number of nitrogens with zero attached hydrogens (tertiary/aromatic N) is 4. The van der Waals surface area contributed by atoms with E-state index in [1.54, 1.807) is 0 Å². The lowest BCUT2D eigenvalue weighted by atomic mass is 10.0. The van der Waals surface area contributed by atoms with Gasteiger partial charge in [-0.05, 0) is 65.7 Å². The first-order chi connectivity index (χ1) is 27.8. The third-order valence-corrected chi connectivity index (χ3v) is 10.9. The summed E-state index contributed by atoms with van der Waals surface area (Å²) in [5.41, 5.74) is 14.2. The minimum atomic E-state index is 0.699. The van der Waals surface area contributed by atoms with Crippen LogP contribution >= 0.6 is 0 Å². The van der Waals surface area contributed by atoms with Crippen LogP contribution in [0.2, 0.25) is 0 Å². The molecule has 0 aliphatic carbocycles. The lowest BCUT2D eigenvalue weighted by molar-refractivity contribution is 1.16. The highest BCUT2D eigenvalue weighted by Crippen LogP contribution is 2.40. The van der Waals surface area contributed by atoms with Gasteiger partial charge in [-0.2, -0.15) is 0 Å². The number of benzene rings is 8. The molecule has 4 nitrogen and oxygen atoms in total. The van der Waals surface area contributed by atoms with Crippen LogP contribution in [-0.4, -0.2) is 19.1 Å². The van der Waals surface area contributed by atoms with Gasteiger partial charge in [0.25, 0.3) is 0 Å². The quantitative estimate of drug-likeness (QED) is 0.172. The molecule has 0 amide bonds. The summed E-state index contributed by atoms with van der Waals surface area (Å²) in [5, 5.41) is 4.97. The largest absolute Gasteiger partial charge is 0.309 e. The van der Waals surface area contributed by atoms with E-state index < -0.39 is 0 Å². The Balaban J connectivity index is 1.06. The van der Waals surface area contributed by atoms with Crippen molar-refractivity contribution in [1.82, 2.24) is 19.1 Å². The molecule has 0 N–H and O–H groups in total. The lowest BCUT2D eigenvalue weighted by Crippen LogP contribution is -1.97. The van der Waals surface area contributed by atoms with Crippen LogP contribution in [0.1, 0.15) is 0 Å². The standard InChI is InChI=1S/C52H34N4/c1-4-14-35(15-5-1)36-24-26-39(27-25-36)52-53-46(37-16-6-2-7-17-37)33-47(54-52)38-28-30-41(31-29-38)56-49-23-13-11-21-43(49)45-32-44-42-20-10-12-22-48(42)55(50(44)34-51(45)56)40-18-8-3-9-19-40/h1-34H. The maximum Gasteiger partial charge on any atom is 0.160 e. The van der Waals surface area contributed by atoms with E-state index in [1.807, 2.05) is 12.1 Å². The van der Waals surface area contributed by atoms with Gasteiger partial charge in [0.1, 0.15) is 0 Å². The Morgan fingerprint density at radius 1 is 0.268 bits per heavy atom. The fourth-order valence-electron chi connectivity index (χ4n) is 8.27. The first-order valence-corrected chi connectivity index (χ1v) is 19.0. The van der Waals surface area contributed by atoms with Gasteiger partial charge in [-0.25, -0.2) is 9.97 Å². The van der Waals surface area contributed by atoms with Crippen molar-refractivity contribution in [1.29, 1.82) is 0 Å². The molecular weight excluding hydrogens is 681 g/mol. The molecule has 0 unspecified atom stereocenters. The summed E-state index contributed by atoms with van der Waals surface area (Å²) in [4.78, 5) is 10.2. The maximum absolute atomic E-state index is 5.17. The predicted octanol–water partition coefficient (Wildman–Crippen LogP) is 13.3. The van der Waals surface area contributed by atoms with Gasteiger partial charge in [0.2, 0.25) is 0 Å². The summed E-state index contributed by atoms with van der Waals surface area (Å²) in [5.74, 6) is 0.699. The van der Waals surface area contributed by atoms with Crippen LogP contribution in [-0.2, 0) is 0 Å². The Morgan fingerprint density at radius 2 is 0.679 bits per heavy atom. The van der Waals surface area contributed by atoms with E-state index in [4.69, 9.17) is 9.97 Å². The van der Waals surface area contributed by atoms with Gasteiger partial charge in [-0.3, -0.25) is 0 Å². The van der Waals surface area contributed by atoms with Crippen LogP contribution in [0.4, 0.5) is 0 Å². The SMILES string of the molecule is c1ccc(-c2ccc(-c3nc(-c4ccccc4)cc(-c4ccc(-n5c6ccccc6c6cc7c8ccccc8n(-c8ccccc8)c7cc65)cc4)n3)cc2)cc1. The molecule has 0 atom stereocenters. The zero-order chi connectivity index (χ0) is 37.0. The van der Waals surface area contributed by atoms with Gasteiger partial charge in [-0.1, -0.05) is 152 Å². The molecule has 0 fully saturated rings. The van der Waals surface area contributed by atoms with Crippen LogP contribution in [0.5, 0.6) is 0 Å². The number of fused-ring (bicyclic) bond motifs is 6.